The van der Waals surface area contributed by atoms with Crippen LogP contribution in [0.15, 0.2) is 45.8 Å². The number of aryl methyl sites for hydroxylation is 1. The molecule has 2 N–H and O–H groups in total. The number of aromatic hydroxyl groups is 1. The van der Waals surface area contributed by atoms with Crippen LogP contribution in [0.4, 0.5) is 0 Å². The molecule has 0 radical (unpaired) electrons. The first-order valence-corrected chi connectivity index (χ1v) is 13.8. The van der Waals surface area contributed by atoms with Gasteiger partial charge in [-0.25, -0.2) is 0 Å². The van der Waals surface area contributed by atoms with Crippen LogP contribution in [-0.4, -0.2) is 48.2 Å². The van der Waals surface area contributed by atoms with E-state index in [1.807, 2.05) is 26.8 Å². The molecule has 0 bridgehead atoms. The van der Waals surface area contributed by atoms with Gasteiger partial charge < -0.3 is 24.5 Å². The Balaban J connectivity index is 0.00000195. The van der Waals surface area contributed by atoms with Crippen molar-refractivity contribution in [1.29, 1.82) is 0 Å². The van der Waals surface area contributed by atoms with Gasteiger partial charge in [-0.05, 0) is 55.9 Å². The number of H-pyrrole nitrogens is 1. The standard InChI is InChI=1S/C28H33ClN2O5.C2H6/c1-4-5-10-20-23(24-21(35-2)11-7-12-22(24)36-3)26(32)25(27(33)30-20)28(34)31-14-13-18(16-31)17-8-6-9-19(29)15-17;1-2/h7-8,11-12,15,18H,4-6,9-10,13-14,16H2,1-3H3,(H2,30,32,33);1-2H3. The Morgan fingerprint density at radius 3 is 2.47 bits per heavy atom. The quantitative estimate of drug-likeness (QED) is 0.400. The van der Waals surface area contributed by atoms with Crippen LogP contribution in [0.5, 0.6) is 17.2 Å². The summed E-state index contributed by atoms with van der Waals surface area (Å²) in [5, 5.41) is 12.3. The number of carbonyl (C=O) groups is 1. The molecule has 1 atom stereocenters. The number of benzene rings is 1. The molecule has 2 aliphatic rings. The summed E-state index contributed by atoms with van der Waals surface area (Å²) >= 11 is 6.24. The van der Waals surface area contributed by atoms with Crippen molar-refractivity contribution in [2.24, 2.45) is 5.92 Å². The molecule has 1 aromatic carbocycles. The smallest absolute Gasteiger partial charge is 0.264 e. The van der Waals surface area contributed by atoms with Crippen LogP contribution in [-0.2, 0) is 6.42 Å². The number of unbranched alkanes of at least 4 members (excludes halogenated alkanes) is 1. The molecule has 38 heavy (non-hydrogen) atoms. The molecule has 1 aliphatic heterocycles. The summed E-state index contributed by atoms with van der Waals surface area (Å²) in [5.74, 6) is 0.270. The lowest BCUT2D eigenvalue weighted by molar-refractivity contribution is 0.0784. The minimum atomic E-state index is -0.593. The summed E-state index contributed by atoms with van der Waals surface area (Å²) in [4.78, 5) is 31.3. The Bertz CT molecular complexity index is 1240. The van der Waals surface area contributed by atoms with Crippen LogP contribution >= 0.6 is 11.6 Å². The van der Waals surface area contributed by atoms with E-state index < -0.39 is 11.5 Å². The number of carbonyl (C=O) groups excluding carboxylic acids is 1. The van der Waals surface area contributed by atoms with Crippen LogP contribution in [0.25, 0.3) is 11.1 Å². The van der Waals surface area contributed by atoms with Crippen LogP contribution in [0, 0.1) is 5.92 Å². The van der Waals surface area contributed by atoms with Crippen molar-refractivity contribution in [3.8, 4) is 28.4 Å². The van der Waals surface area contributed by atoms with Crippen molar-refractivity contribution in [2.75, 3.05) is 27.3 Å². The highest BCUT2D eigenvalue weighted by atomic mass is 35.5. The number of ether oxygens (including phenoxy) is 2. The summed E-state index contributed by atoms with van der Waals surface area (Å²) in [6, 6.07) is 5.30. The number of methoxy groups -OCH3 is 2. The maximum absolute atomic E-state index is 13.6. The number of aromatic nitrogens is 1. The molecule has 1 amide bonds. The Kier molecular flexibility index (Phi) is 10.5. The number of hydrogen-bond acceptors (Lipinski definition) is 5. The van der Waals surface area contributed by atoms with Crippen LogP contribution in [0.3, 0.4) is 0 Å². The van der Waals surface area contributed by atoms with Crippen molar-refractivity contribution >= 4 is 17.5 Å². The molecule has 0 spiro atoms. The van der Waals surface area contributed by atoms with Gasteiger partial charge in [0.1, 0.15) is 22.8 Å². The van der Waals surface area contributed by atoms with E-state index in [-0.39, 0.29) is 17.2 Å². The number of nitrogens with one attached hydrogen (secondary N) is 1. The van der Waals surface area contributed by atoms with E-state index in [9.17, 15) is 14.7 Å². The molecule has 2 heterocycles. The average Bonchev–Trinajstić information content (AvgIpc) is 3.43. The average molecular weight is 543 g/mol. The third-order valence-corrected chi connectivity index (χ3v) is 7.27. The number of halogens is 1. The molecule has 1 unspecified atom stereocenters. The molecular weight excluding hydrogens is 504 g/mol. The molecule has 1 aromatic heterocycles. The molecule has 0 saturated carbocycles. The van der Waals surface area contributed by atoms with Crippen molar-refractivity contribution in [2.45, 2.75) is 59.3 Å². The third kappa shape index (κ3) is 6.09. The summed E-state index contributed by atoms with van der Waals surface area (Å²) in [5.41, 5.74) is 1.69. The Morgan fingerprint density at radius 2 is 1.87 bits per heavy atom. The van der Waals surface area contributed by atoms with Gasteiger partial charge in [0, 0.05) is 29.7 Å². The molecule has 1 aliphatic carbocycles. The first kappa shape index (κ1) is 29.4. The first-order chi connectivity index (χ1) is 18.4. The molecule has 2 aromatic rings. The topological polar surface area (TPSA) is 91.9 Å². The fourth-order valence-corrected chi connectivity index (χ4v) is 5.33. The summed E-state index contributed by atoms with van der Waals surface area (Å²) < 4.78 is 11.2. The fourth-order valence-electron chi connectivity index (χ4n) is 5.09. The van der Waals surface area contributed by atoms with Crippen molar-refractivity contribution in [3.63, 3.8) is 0 Å². The van der Waals surface area contributed by atoms with Crippen LogP contribution in [0.1, 0.15) is 68.9 Å². The predicted molar refractivity (Wildman–Crippen MR) is 152 cm³/mol. The van der Waals surface area contributed by atoms with E-state index >= 15 is 0 Å². The Hall–Kier alpha value is -3.19. The maximum atomic E-state index is 13.6. The Labute approximate surface area is 230 Å². The highest BCUT2D eigenvalue weighted by Gasteiger charge is 2.34. The molecule has 4 rings (SSSR count). The second kappa shape index (κ2) is 13.6. The molecule has 8 heteroatoms. The Morgan fingerprint density at radius 1 is 1.18 bits per heavy atom. The maximum Gasteiger partial charge on any atom is 0.264 e. The van der Waals surface area contributed by atoms with E-state index in [0.29, 0.717) is 47.8 Å². The fraction of sp³-hybridized carbons (Fsp3) is 0.467. The SMILES string of the molecule is CC.CCCCc1[nH]c(=O)c(C(=O)N2CCC(C3=CCCC(Cl)=C3)C2)c(O)c1-c1c(OC)cccc1OC. The summed E-state index contributed by atoms with van der Waals surface area (Å²) in [7, 11) is 3.06. The van der Waals surface area contributed by atoms with Gasteiger partial charge in [-0.1, -0.05) is 50.9 Å². The summed E-state index contributed by atoms with van der Waals surface area (Å²) in [6.07, 6.45) is 8.88. The van der Waals surface area contributed by atoms with Gasteiger partial charge in [0.15, 0.2) is 0 Å². The number of pyridine rings is 1. The largest absolute Gasteiger partial charge is 0.506 e. The molecule has 206 valence electrons. The van der Waals surface area contributed by atoms with Gasteiger partial charge in [-0.15, -0.1) is 0 Å². The van der Waals surface area contributed by atoms with Gasteiger partial charge in [0.05, 0.1) is 25.3 Å². The zero-order valence-corrected chi connectivity index (χ0v) is 23.8. The lowest BCUT2D eigenvalue weighted by Crippen LogP contribution is -2.34. The molecule has 7 nitrogen and oxygen atoms in total. The number of amides is 1. The first-order valence-electron chi connectivity index (χ1n) is 13.4. The van der Waals surface area contributed by atoms with Crippen molar-refractivity contribution in [3.05, 3.63) is 62.6 Å². The van der Waals surface area contributed by atoms with E-state index in [0.717, 1.165) is 42.7 Å². The van der Waals surface area contributed by atoms with Gasteiger partial charge in [-0.2, -0.15) is 0 Å². The molecule has 1 fully saturated rings. The molecular formula is C30H39ClN2O5. The van der Waals surface area contributed by atoms with Gasteiger partial charge in [0.2, 0.25) is 0 Å². The lowest BCUT2D eigenvalue weighted by Gasteiger charge is -2.21. The number of likely N-dealkylation sites (tertiary alicyclic amines) is 1. The zero-order chi connectivity index (χ0) is 27.8. The highest BCUT2D eigenvalue weighted by molar-refractivity contribution is 6.29. The zero-order valence-electron chi connectivity index (χ0n) is 23.0. The van der Waals surface area contributed by atoms with Crippen LogP contribution < -0.4 is 15.0 Å². The monoisotopic (exact) mass is 542 g/mol. The predicted octanol–water partition coefficient (Wildman–Crippen LogP) is 6.44. The third-order valence-electron chi connectivity index (χ3n) is 6.97. The summed E-state index contributed by atoms with van der Waals surface area (Å²) in [6.45, 7) is 7.01. The van der Waals surface area contributed by atoms with Gasteiger partial charge >= 0.3 is 0 Å². The van der Waals surface area contributed by atoms with E-state index in [1.54, 1.807) is 23.1 Å². The minimum absolute atomic E-state index is 0.154. The van der Waals surface area contributed by atoms with Gasteiger partial charge in [0.25, 0.3) is 11.5 Å². The number of hydrogen-bond donors (Lipinski definition) is 2. The van der Waals surface area contributed by atoms with E-state index in [2.05, 4.69) is 11.1 Å². The number of nitrogens with zero attached hydrogens (tertiary/aromatic N) is 1. The van der Waals surface area contributed by atoms with E-state index in [4.69, 9.17) is 21.1 Å². The van der Waals surface area contributed by atoms with Gasteiger partial charge in [-0.3, -0.25) is 9.59 Å². The second-order valence-corrected chi connectivity index (χ2v) is 9.73. The number of aromatic amines is 1. The van der Waals surface area contributed by atoms with Crippen molar-refractivity contribution < 1.29 is 19.4 Å². The normalized spacial score (nSPS) is 16.8. The van der Waals surface area contributed by atoms with Crippen molar-refractivity contribution in [1.82, 2.24) is 9.88 Å². The lowest BCUT2D eigenvalue weighted by atomic mass is 9.93. The van der Waals surface area contributed by atoms with Crippen LogP contribution in [0.2, 0.25) is 0 Å². The van der Waals surface area contributed by atoms with E-state index in [1.165, 1.54) is 14.2 Å². The minimum Gasteiger partial charge on any atom is -0.506 e. The number of rotatable bonds is 8. The molecule has 1 saturated heterocycles. The second-order valence-electron chi connectivity index (χ2n) is 9.24. The number of allylic oxidation sites excluding steroid dienone is 3. The highest BCUT2D eigenvalue weighted by Crippen LogP contribution is 2.45.